The zero-order valence-electron chi connectivity index (χ0n) is 15.3. The molecule has 146 valence electrons. The summed E-state index contributed by atoms with van der Waals surface area (Å²) in [6.07, 6.45) is 0. The lowest BCUT2D eigenvalue weighted by Crippen LogP contribution is -2.11. The van der Waals surface area contributed by atoms with Crippen molar-refractivity contribution in [1.82, 2.24) is 15.0 Å². The highest BCUT2D eigenvalue weighted by Crippen LogP contribution is 2.27. The Labute approximate surface area is 172 Å². The van der Waals surface area contributed by atoms with Crippen LogP contribution >= 0.6 is 23.2 Å². The zero-order valence-corrected chi connectivity index (χ0v) is 16.8. The lowest BCUT2D eigenvalue weighted by molar-refractivity contribution is 0.0520. The topological polar surface area (TPSA) is 78.3 Å². The molecule has 0 saturated carbocycles. The van der Waals surface area contributed by atoms with Crippen LogP contribution in [0.15, 0.2) is 42.5 Å². The predicted octanol–water partition coefficient (Wildman–Crippen LogP) is 4.56. The van der Waals surface area contributed by atoms with Gasteiger partial charge in [0.1, 0.15) is 5.75 Å². The molecule has 0 amide bonds. The highest BCUT2D eigenvalue weighted by Gasteiger charge is 2.21. The summed E-state index contributed by atoms with van der Waals surface area (Å²) in [4.78, 5) is 12.3. The van der Waals surface area contributed by atoms with Crippen LogP contribution in [0.1, 0.15) is 23.0 Å². The highest BCUT2D eigenvalue weighted by molar-refractivity contribution is 6.35. The van der Waals surface area contributed by atoms with Crippen LogP contribution < -0.4 is 10.1 Å². The molecule has 1 aromatic heterocycles. The molecule has 9 heteroatoms. The van der Waals surface area contributed by atoms with Crippen LogP contribution in [0.4, 0.5) is 11.5 Å². The fraction of sp³-hybridized carbons (Fsp3) is 0.211. The van der Waals surface area contributed by atoms with Crippen molar-refractivity contribution in [3.8, 4) is 5.75 Å². The summed E-state index contributed by atoms with van der Waals surface area (Å²) in [6, 6.07) is 12.5. The highest BCUT2D eigenvalue weighted by atomic mass is 35.5. The second-order valence-corrected chi connectivity index (χ2v) is 6.67. The largest absolute Gasteiger partial charge is 0.497 e. The van der Waals surface area contributed by atoms with Gasteiger partial charge in [0, 0.05) is 15.7 Å². The van der Waals surface area contributed by atoms with Crippen LogP contribution in [0.2, 0.25) is 10.0 Å². The number of rotatable bonds is 7. The lowest BCUT2D eigenvalue weighted by atomic mass is 10.2. The Kier molecular flexibility index (Phi) is 6.38. The molecular weight excluding hydrogens is 403 g/mol. The molecular formula is C19H18Cl2N4O3. The molecule has 28 heavy (non-hydrogen) atoms. The summed E-state index contributed by atoms with van der Waals surface area (Å²) < 4.78 is 11.8. The van der Waals surface area contributed by atoms with Gasteiger partial charge in [-0.2, -0.15) is 0 Å². The van der Waals surface area contributed by atoms with Crippen molar-refractivity contribution in [3.05, 3.63) is 63.8 Å². The first-order valence-electron chi connectivity index (χ1n) is 8.46. The van der Waals surface area contributed by atoms with Gasteiger partial charge in [-0.25, -0.2) is 9.48 Å². The van der Waals surface area contributed by atoms with Crippen molar-refractivity contribution in [1.29, 1.82) is 0 Å². The summed E-state index contributed by atoms with van der Waals surface area (Å²) in [6.45, 7) is 2.34. The molecule has 0 unspecified atom stereocenters. The molecule has 1 N–H and O–H groups in total. The van der Waals surface area contributed by atoms with Gasteiger partial charge in [0.2, 0.25) is 5.69 Å². The van der Waals surface area contributed by atoms with E-state index in [4.69, 9.17) is 32.7 Å². The van der Waals surface area contributed by atoms with Crippen LogP contribution in [0.3, 0.4) is 0 Å². The molecule has 3 aromatic rings. The number of carbonyl (C=O) groups is 1. The van der Waals surface area contributed by atoms with E-state index < -0.39 is 5.97 Å². The van der Waals surface area contributed by atoms with Crippen LogP contribution in [0.25, 0.3) is 0 Å². The first kappa shape index (κ1) is 20.0. The molecule has 3 rings (SSSR count). The molecule has 0 radical (unpaired) electrons. The molecule has 0 atom stereocenters. The SMILES string of the molecule is CCOC(=O)c1nnn(Cc2ccc(OC)cc2)c1Nc1cc(Cl)cc(Cl)c1. The molecule has 0 spiro atoms. The second kappa shape index (κ2) is 8.95. The van der Waals surface area contributed by atoms with E-state index in [1.807, 2.05) is 24.3 Å². The van der Waals surface area contributed by atoms with Crippen LogP contribution in [0.5, 0.6) is 5.75 Å². The number of hydrogen-bond donors (Lipinski definition) is 1. The van der Waals surface area contributed by atoms with Gasteiger partial charge in [0.15, 0.2) is 5.82 Å². The van der Waals surface area contributed by atoms with Gasteiger partial charge in [0.25, 0.3) is 0 Å². The van der Waals surface area contributed by atoms with Crippen molar-refractivity contribution in [3.63, 3.8) is 0 Å². The van der Waals surface area contributed by atoms with Gasteiger partial charge < -0.3 is 14.8 Å². The van der Waals surface area contributed by atoms with E-state index >= 15 is 0 Å². The average Bonchev–Trinajstić information content (AvgIpc) is 3.04. The summed E-state index contributed by atoms with van der Waals surface area (Å²) in [5, 5.41) is 12.1. The Bertz CT molecular complexity index is 954. The molecule has 0 aliphatic heterocycles. The summed E-state index contributed by atoms with van der Waals surface area (Å²) in [5.41, 5.74) is 1.63. The van der Waals surface area contributed by atoms with Crippen molar-refractivity contribution < 1.29 is 14.3 Å². The Morgan fingerprint density at radius 1 is 1.14 bits per heavy atom. The quantitative estimate of drug-likeness (QED) is 0.564. The number of nitrogens with one attached hydrogen (secondary N) is 1. The Morgan fingerprint density at radius 3 is 2.43 bits per heavy atom. The number of methoxy groups -OCH3 is 1. The van der Waals surface area contributed by atoms with E-state index in [2.05, 4.69) is 15.6 Å². The van der Waals surface area contributed by atoms with Gasteiger partial charge in [-0.1, -0.05) is 40.5 Å². The van der Waals surface area contributed by atoms with Crippen molar-refractivity contribution in [2.45, 2.75) is 13.5 Å². The van der Waals surface area contributed by atoms with Gasteiger partial charge in [-0.15, -0.1) is 5.10 Å². The number of nitrogens with zero attached hydrogens (tertiary/aromatic N) is 3. The van der Waals surface area contributed by atoms with E-state index in [9.17, 15) is 4.79 Å². The van der Waals surface area contributed by atoms with E-state index in [0.717, 1.165) is 11.3 Å². The number of halogens is 2. The standard InChI is InChI=1S/C19H18Cl2N4O3/c1-3-28-19(26)17-18(22-15-9-13(20)8-14(21)10-15)25(24-23-17)11-12-4-6-16(27-2)7-5-12/h4-10,22H,3,11H2,1-2H3. The van der Waals surface area contributed by atoms with Crippen LogP contribution in [-0.2, 0) is 11.3 Å². The van der Waals surface area contributed by atoms with Gasteiger partial charge in [0.05, 0.1) is 20.3 Å². The average molecular weight is 421 g/mol. The minimum atomic E-state index is -0.570. The maximum Gasteiger partial charge on any atom is 0.362 e. The molecule has 0 aliphatic carbocycles. The van der Waals surface area contributed by atoms with Crippen LogP contribution in [0, 0.1) is 0 Å². The molecule has 0 fully saturated rings. The van der Waals surface area contributed by atoms with E-state index in [1.165, 1.54) is 0 Å². The fourth-order valence-electron chi connectivity index (χ4n) is 2.55. The number of benzene rings is 2. The molecule has 2 aromatic carbocycles. The first-order valence-corrected chi connectivity index (χ1v) is 9.22. The molecule has 0 saturated heterocycles. The van der Waals surface area contributed by atoms with Gasteiger partial charge >= 0.3 is 5.97 Å². The minimum Gasteiger partial charge on any atom is -0.497 e. The Hall–Kier alpha value is -2.77. The predicted molar refractivity (Wildman–Crippen MR) is 108 cm³/mol. The molecule has 0 aliphatic rings. The van der Waals surface area contributed by atoms with E-state index in [0.29, 0.717) is 28.1 Å². The van der Waals surface area contributed by atoms with Crippen molar-refractivity contribution in [2.75, 3.05) is 19.0 Å². The van der Waals surface area contributed by atoms with E-state index in [-0.39, 0.29) is 12.3 Å². The normalized spacial score (nSPS) is 10.6. The number of carbonyl (C=O) groups excluding carboxylic acids is 1. The van der Waals surface area contributed by atoms with Crippen molar-refractivity contribution >= 4 is 40.7 Å². The van der Waals surface area contributed by atoms with E-state index in [1.54, 1.807) is 36.9 Å². The monoisotopic (exact) mass is 420 g/mol. The van der Waals surface area contributed by atoms with Gasteiger partial charge in [-0.05, 0) is 42.8 Å². The van der Waals surface area contributed by atoms with Crippen molar-refractivity contribution in [2.24, 2.45) is 0 Å². The maximum absolute atomic E-state index is 12.3. The zero-order chi connectivity index (χ0) is 20.1. The van der Waals surface area contributed by atoms with Crippen LogP contribution in [-0.4, -0.2) is 34.7 Å². The number of esters is 1. The summed E-state index contributed by atoms with van der Waals surface area (Å²) in [7, 11) is 1.61. The maximum atomic E-state index is 12.3. The second-order valence-electron chi connectivity index (χ2n) is 5.80. The third-order valence-corrected chi connectivity index (χ3v) is 4.26. The number of anilines is 2. The number of aromatic nitrogens is 3. The Balaban J connectivity index is 1.95. The third-order valence-electron chi connectivity index (χ3n) is 3.82. The molecule has 7 nitrogen and oxygen atoms in total. The molecule has 0 bridgehead atoms. The lowest BCUT2D eigenvalue weighted by Gasteiger charge is -2.11. The first-order chi connectivity index (χ1) is 13.5. The summed E-state index contributed by atoms with van der Waals surface area (Å²) in [5.74, 6) is 0.563. The molecule has 1 heterocycles. The minimum absolute atomic E-state index is 0.0754. The smallest absolute Gasteiger partial charge is 0.362 e. The Morgan fingerprint density at radius 2 is 1.82 bits per heavy atom. The van der Waals surface area contributed by atoms with Gasteiger partial charge in [-0.3, -0.25) is 0 Å². The summed E-state index contributed by atoms with van der Waals surface area (Å²) >= 11 is 12.1. The number of hydrogen-bond acceptors (Lipinski definition) is 6. The number of ether oxygens (including phenoxy) is 2. The third kappa shape index (κ3) is 4.74. The fourth-order valence-corrected chi connectivity index (χ4v) is 3.08.